The summed E-state index contributed by atoms with van der Waals surface area (Å²) in [4.78, 5) is 1.87. The average molecular weight is 341 g/mol. The van der Waals surface area contributed by atoms with Gasteiger partial charge in [-0.1, -0.05) is 12.1 Å². The number of piperazine rings is 1. The number of benzene rings is 1. The molecule has 0 unspecified atom stereocenters. The van der Waals surface area contributed by atoms with Crippen LogP contribution in [0.25, 0.3) is 0 Å². The summed E-state index contributed by atoms with van der Waals surface area (Å²) in [6, 6.07) is 4.70. The molecule has 1 aromatic rings. The van der Waals surface area contributed by atoms with E-state index in [1.54, 1.807) is 6.07 Å². The van der Waals surface area contributed by atoms with Crippen LogP contribution >= 0.6 is 24.8 Å². The zero-order valence-electron chi connectivity index (χ0n) is 11.6. The van der Waals surface area contributed by atoms with Gasteiger partial charge in [0.1, 0.15) is 5.75 Å². The molecule has 0 aliphatic carbocycles. The van der Waals surface area contributed by atoms with Gasteiger partial charge in [-0.25, -0.2) is 8.78 Å². The maximum atomic E-state index is 13.4. The Kier molecular flexibility index (Phi) is 7.13. The highest BCUT2D eigenvalue weighted by molar-refractivity contribution is 5.85. The second-order valence-electron chi connectivity index (χ2n) is 5.03. The molecule has 0 aromatic heterocycles. The van der Waals surface area contributed by atoms with Crippen molar-refractivity contribution in [3.8, 4) is 5.75 Å². The predicted octanol–water partition coefficient (Wildman–Crippen LogP) is 2.68. The van der Waals surface area contributed by atoms with Gasteiger partial charge in [0.15, 0.2) is 0 Å². The average Bonchev–Trinajstić information content (AvgIpc) is 2.87. The van der Waals surface area contributed by atoms with Crippen molar-refractivity contribution in [2.45, 2.75) is 18.9 Å². The van der Waals surface area contributed by atoms with Crippen LogP contribution in [0.15, 0.2) is 18.2 Å². The third-order valence-electron chi connectivity index (χ3n) is 3.84. The number of halogens is 4. The molecule has 0 bridgehead atoms. The van der Waals surface area contributed by atoms with E-state index >= 15 is 0 Å². The number of nitrogens with one attached hydrogen (secondary N) is 1. The third-order valence-corrected chi connectivity index (χ3v) is 3.84. The van der Waals surface area contributed by atoms with Crippen LogP contribution in [0.3, 0.4) is 0 Å². The van der Waals surface area contributed by atoms with Crippen LogP contribution in [-0.4, -0.2) is 44.1 Å². The topological polar surface area (TPSA) is 24.5 Å². The fraction of sp³-hybridized carbons (Fsp3) is 0.571. The molecule has 3 nitrogen and oxygen atoms in total. The molecule has 0 spiro atoms. The Hall–Kier alpha value is -0.620. The summed E-state index contributed by atoms with van der Waals surface area (Å²) in [5.74, 6) is 0.845. The van der Waals surface area contributed by atoms with Gasteiger partial charge in [-0.15, -0.1) is 24.8 Å². The first-order valence-corrected chi connectivity index (χ1v) is 6.74. The van der Waals surface area contributed by atoms with Crippen molar-refractivity contribution in [2.24, 2.45) is 0 Å². The van der Waals surface area contributed by atoms with E-state index in [1.807, 2.05) is 17.0 Å². The van der Waals surface area contributed by atoms with E-state index in [2.05, 4.69) is 5.32 Å². The summed E-state index contributed by atoms with van der Waals surface area (Å²) in [6.07, 6.45) is -1.54. The first-order valence-electron chi connectivity index (χ1n) is 6.74. The lowest BCUT2D eigenvalue weighted by Crippen LogP contribution is -2.46. The van der Waals surface area contributed by atoms with Crippen LogP contribution < -0.4 is 10.1 Å². The van der Waals surface area contributed by atoms with Crippen molar-refractivity contribution >= 4 is 24.8 Å². The molecule has 3 rings (SSSR count). The van der Waals surface area contributed by atoms with Gasteiger partial charge in [0.05, 0.1) is 12.6 Å². The van der Waals surface area contributed by atoms with Crippen LogP contribution in [0.2, 0.25) is 0 Å². The Morgan fingerprint density at radius 1 is 1.14 bits per heavy atom. The molecule has 1 atom stereocenters. The van der Waals surface area contributed by atoms with Crippen molar-refractivity contribution < 1.29 is 13.5 Å². The zero-order valence-corrected chi connectivity index (χ0v) is 13.2. The van der Waals surface area contributed by atoms with E-state index in [1.165, 1.54) is 0 Å². The number of fused-ring (bicyclic) bond motifs is 1. The maximum absolute atomic E-state index is 13.4. The summed E-state index contributed by atoms with van der Waals surface area (Å²) in [5, 5.41) is 3.20. The lowest BCUT2D eigenvalue weighted by molar-refractivity contribution is 0.0181. The second-order valence-corrected chi connectivity index (χ2v) is 5.03. The van der Waals surface area contributed by atoms with E-state index in [9.17, 15) is 8.78 Å². The van der Waals surface area contributed by atoms with Gasteiger partial charge in [-0.05, 0) is 17.2 Å². The van der Waals surface area contributed by atoms with Crippen LogP contribution in [0, 0.1) is 0 Å². The molecule has 1 saturated heterocycles. The zero-order chi connectivity index (χ0) is 13.2. The number of hydrogen-bond donors (Lipinski definition) is 1. The number of hydrogen-bond acceptors (Lipinski definition) is 3. The van der Waals surface area contributed by atoms with E-state index in [0.29, 0.717) is 25.3 Å². The van der Waals surface area contributed by atoms with Crippen LogP contribution in [0.1, 0.15) is 17.2 Å². The molecule has 1 aromatic carbocycles. The Balaban J connectivity index is 0.00000110. The SMILES string of the molecule is Cl.Cl.FC(F)[C@@H](c1ccc2c(c1)CCO2)N1CCNCC1. The van der Waals surface area contributed by atoms with Crippen molar-refractivity contribution in [1.82, 2.24) is 10.2 Å². The summed E-state index contributed by atoms with van der Waals surface area (Å²) in [6.45, 7) is 3.55. The van der Waals surface area contributed by atoms with Gasteiger partial charge in [-0.3, -0.25) is 4.90 Å². The van der Waals surface area contributed by atoms with Crippen molar-refractivity contribution in [1.29, 1.82) is 0 Å². The first kappa shape index (κ1) is 18.4. The maximum Gasteiger partial charge on any atom is 0.258 e. The van der Waals surface area contributed by atoms with Crippen LogP contribution in [-0.2, 0) is 6.42 Å². The molecule has 0 amide bonds. The van der Waals surface area contributed by atoms with E-state index in [4.69, 9.17) is 4.74 Å². The molecular weight excluding hydrogens is 321 g/mol. The van der Waals surface area contributed by atoms with E-state index in [0.717, 1.165) is 30.8 Å². The number of nitrogens with zero attached hydrogens (tertiary/aromatic N) is 1. The molecule has 0 saturated carbocycles. The summed E-state index contributed by atoms with van der Waals surface area (Å²) in [7, 11) is 0. The van der Waals surface area contributed by atoms with Gasteiger partial charge in [-0.2, -0.15) is 0 Å². The second kappa shape index (κ2) is 8.13. The van der Waals surface area contributed by atoms with Gasteiger partial charge >= 0.3 is 0 Å². The summed E-state index contributed by atoms with van der Waals surface area (Å²) < 4.78 is 32.3. The number of rotatable bonds is 3. The molecule has 2 heterocycles. The van der Waals surface area contributed by atoms with E-state index in [-0.39, 0.29) is 24.8 Å². The highest BCUT2D eigenvalue weighted by Gasteiger charge is 2.30. The molecule has 120 valence electrons. The Bertz CT molecular complexity index is 457. The van der Waals surface area contributed by atoms with E-state index < -0.39 is 12.5 Å². The van der Waals surface area contributed by atoms with Crippen molar-refractivity contribution in [2.75, 3.05) is 32.8 Å². The monoisotopic (exact) mass is 340 g/mol. The highest BCUT2D eigenvalue weighted by Crippen LogP contribution is 2.33. The number of alkyl halides is 2. The Morgan fingerprint density at radius 3 is 2.52 bits per heavy atom. The van der Waals surface area contributed by atoms with Crippen molar-refractivity contribution in [3.05, 3.63) is 29.3 Å². The molecule has 1 fully saturated rings. The summed E-state index contributed by atoms with van der Waals surface area (Å²) >= 11 is 0. The Labute approximate surface area is 135 Å². The molecule has 1 N–H and O–H groups in total. The first-order chi connectivity index (χ1) is 9.25. The van der Waals surface area contributed by atoms with Crippen LogP contribution in [0.5, 0.6) is 5.75 Å². The molecule has 2 aliphatic heterocycles. The van der Waals surface area contributed by atoms with Crippen LogP contribution in [0.4, 0.5) is 8.78 Å². The Morgan fingerprint density at radius 2 is 1.86 bits per heavy atom. The van der Waals surface area contributed by atoms with Crippen molar-refractivity contribution in [3.63, 3.8) is 0 Å². The van der Waals surface area contributed by atoms with Gasteiger partial charge in [0, 0.05) is 32.6 Å². The van der Waals surface area contributed by atoms with Gasteiger partial charge in [0.25, 0.3) is 6.43 Å². The minimum atomic E-state index is -2.36. The highest BCUT2D eigenvalue weighted by atomic mass is 35.5. The molecule has 7 heteroatoms. The molecule has 21 heavy (non-hydrogen) atoms. The van der Waals surface area contributed by atoms with Gasteiger partial charge < -0.3 is 10.1 Å². The lowest BCUT2D eigenvalue weighted by Gasteiger charge is -2.34. The smallest absolute Gasteiger partial charge is 0.258 e. The molecule has 0 radical (unpaired) electrons. The fourth-order valence-corrected chi connectivity index (χ4v) is 2.87. The largest absolute Gasteiger partial charge is 0.493 e. The summed E-state index contributed by atoms with van der Waals surface area (Å²) in [5.41, 5.74) is 1.76. The minimum absolute atomic E-state index is 0. The normalized spacial score (nSPS) is 19.2. The quantitative estimate of drug-likeness (QED) is 0.915. The molecule has 2 aliphatic rings. The van der Waals surface area contributed by atoms with Gasteiger partial charge in [0.2, 0.25) is 0 Å². The lowest BCUT2D eigenvalue weighted by atomic mass is 10.0. The third kappa shape index (κ3) is 3.97. The predicted molar refractivity (Wildman–Crippen MR) is 83.3 cm³/mol. The molecular formula is C14H20Cl2F2N2O. The number of ether oxygens (including phenoxy) is 1. The minimum Gasteiger partial charge on any atom is -0.493 e. The fourth-order valence-electron chi connectivity index (χ4n) is 2.87. The standard InChI is InChI=1S/C14H18F2N2O.2ClH/c15-14(16)13(18-6-4-17-5-7-18)11-1-2-12-10(9-11)3-8-19-12;;/h1-2,9,13-14,17H,3-8H2;2*1H/t13-;;/m1../s1.